The lowest BCUT2D eigenvalue weighted by Crippen LogP contribution is -2.30. The van der Waals surface area contributed by atoms with Gasteiger partial charge in [0.1, 0.15) is 13.2 Å². The number of esters is 3. The zero-order valence-corrected chi connectivity index (χ0v) is 52.8. The molecule has 0 amide bonds. The fraction of sp³-hybridized carbons (Fsp3) is 0.958. The minimum atomic E-state index is -0.762. The van der Waals surface area contributed by atoms with Crippen molar-refractivity contribution in [1.82, 2.24) is 0 Å². The molecule has 0 fully saturated rings. The fourth-order valence-electron chi connectivity index (χ4n) is 11.3. The maximum Gasteiger partial charge on any atom is 0.306 e. The maximum atomic E-state index is 12.9. The first-order valence-corrected chi connectivity index (χ1v) is 35.5. The van der Waals surface area contributed by atoms with Crippen LogP contribution in [0.25, 0.3) is 0 Å². The van der Waals surface area contributed by atoms with Gasteiger partial charge in [0.05, 0.1) is 0 Å². The Morgan fingerprint density at radius 2 is 0.351 bits per heavy atom. The highest BCUT2D eigenvalue weighted by molar-refractivity contribution is 5.71. The van der Waals surface area contributed by atoms with Crippen LogP contribution in [0.4, 0.5) is 0 Å². The van der Waals surface area contributed by atoms with E-state index in [1.165, 1.54) is 321 Å². The normalized spacial score (nSPS) is 11.9. The van der Waals surface area contributed by atoms with Crippen molar-refractivity contribution in [3.63, 3.8) is 0 Å². The van der Waals surface area contributed by atoms with E-state index < -0.39 is 6.10 Å². The third-order valence-electron chi connectivity index (χ3n) is 16.6. The summed E-state index contributed by atoms with van der Waals surface area (Å²) in [5.41, 5.74) is 0. The Morgan fingerprint density at radius 3 is 0.519 bits per heavy atom. The predicted octanol–water partition coefficient (Wildman–Crippen LogP) is 24.2. The van der Waals surface area contributed by atoms with Crippen molar-refractivity contribution in [2.24, 2.45) is 0 Å². The van der Waals surface area contributed by atoms with Crippen molar-refractivity contribution in [2.45, 2.75) is 425 Å². The molecular weight excluding hydrogens is 949 g/mol. The van der Waals surface area contributed by atoms with Crippen LogP contribution < -0.4 is 0 Å². The van der Waals surface area contributed by atoms with Crippen molar-refractivity contribution in [3.8, 4) is 0 Å². The van der Waals surface area contributed by atoms with Gasteiger partial charge in [0.15, 0.2) is 6.10 Å². The number of carbonyl (C=O) groups is 3. The van der Waals surface area contributed by atoms with E-state index in [9.17, 15) is 14.4 Å². The summed E-state index contributed by atoms with van der Waals surface area (Å²) in [6, 6.07) is 0. The van der Waals surface area contributed by atoms with E-state index in [-0.39, 0.29) is 31.1 Å². The van der Waals surface area contributed by atoms with Gasteiger partial charge in [0.25, 0.3) is 0 Å². The molecule has 0 aliphatic rings. The van der Waals surface area contributed by atoms with Crippen LogP contribution in [0.15, 0.2) is 0 Å². The van der Waals surface area contributed by atoms with Gasteiger partial charge in [0.2, 0.25) is 0 Å². The van der Waals surface area contributed by atoms with Crippen LogP contribution in [0.3, 0.4) is 0 Å². The highest BCUT2D eigenvalue weighted by Gasteiger charge is 2.19. The first-order valence-electron chi connectivity index (χ1n) is 35.5. The largest absolute Gasteiger partial charge is 0.462 e. The molecule has 0 aromatic rings. The number of carbonyl (C=O) groups excluding carboxylic acids is 3. The van der Waals surface area contributed by atoms with E-state index in [4.69, 9.17) is 14.2 Å². The minimum absolute atomic E-state index is 0.0607. The van der Waals surface area contributed by atoms with Crippen LogP contribution >= 0.6 is 0 Å². The van der Waals surface area contributed by atoms with Crippen LogP contribution in [-0.4, -0.2) is 37.2 Å². The number of hydrogen-bond donors (Lipinski definition) is 0. The van der Waals surface area contributed by atoms with Gasteiger partial charge in [-0.05, 0) is 19.3 Å². The zero-order valence-electron chi connectivity index (χ0n) is 52.8. The van der Waals surface area contributed by atoms with Gasteiger partial charge in [-0.1, -0.05) is 380 Å². The molecule has 1 atom stereocenters. The molecule has 1 unspecified atom stereocenters. The highest BCUT2D eigenvalue weighted by atomic mass is 16.6. The molecule has 0 saturated carbocycles. The molecule has 0 saturated heterocycles. The lowest BCUT2D eigenvalue weighted by Gasteiger charge is -2.18. The van der Waals surface area contributed by atoms with Gasteiger partial charge in [-0.15, -0.1) is 0 Å². The first kappa shape index (κ1) is 75.4. The summed E-state index contributed by atoms with van der Waals surface area (Å²) in [5, 5.41) is 0. The van der Waals surface area contributed by atoms with Crippen molar-refractivity contribution < 1.29 is 28.6 Å². The summed E-state index contributed by atoms with van der Waals surface area (Å²) in [6.07, 6.45) is 78.7. The molecular formula is C71H138O6. The molecule has 0 aliphatic carbocycles. The SMILES string of the molecule is CCCCCCCCCCCCCCCCCCCCCCCCCCCCC(=O)OCC(COC(=O)CCCCCCCCCCC)OC(=O)CCCCCCCCCCCCCCCCCCCCCCCCCC. The van der Waals surface area contributed by atoms with Crippen molar-refractivity contribution in [1.29, 1.82) is 0 Å². The molecule has 0 aromatic heterocycles. The average molecular weight is 1090 g/mol. The van der Waals surface area contributed by atoms with Gasteiger partial charge in [-0.2, -0.15) is 0 Å². The van der Waals surface area contributed by atoms with Crippen molar-refractivity contribution >= 4 is 17.9 Å². The monoisotopic (exact) mass is 1090 g/mol. The molecule has 0 N–H and O–H groups in total. The fourth-order valence-corrected chi connectivity index (χ4v) is 11.3. The number of rotatable bonds is 67. The van der Waals surface area contributed by atoms with E-state index in [1.807, 2.05) is 0 Å². The van der Waals surface area contributed by atoms with Crippen molar-refractivity contribution in [3.05, 3.63) is 0 Å². The van der Waals surface area contributed by atoms with Crippen LogP contribution in [0.2, 0.25) is 0 Å². The summed E-state index contributed by atoms with van der Waals surface area (Å²) in [4.78, 5) is 38.3. The zero-order chi connectivity index (χ0) is 55.7. The van der Waals surface area contributed by atoms with Crippen LogP contribution in [0.5, 0.6) is 0 Å². The molecule has 6 nitrogen and oxygen atoms in total. The van der Waals surface area contributed by atoms with Gasteiger partial charge < -0.3 is 14.2 Å². The van der Waals surface area contributed by atoms with Gasteiger partial charge >= 0.3 is 17.9 Å². The Kier molecular flexibility index (Phi) is 65.5. The Hall–Kier alpha value is -1.59. The molecule has 0 aliphatic heterocycles. The van der Waals surface area contributed by atoms with E-state index in [0.717, 1.165) is 57.8 Å². The lowest BCUT2D eigenvalue weighted by molar-refractivity contribution is -0.167. The lowest BCUT2D eigenvalue weighted by atomic mass is 10.0. The van der Waals surface area contributed by atoms with Crippen LogP contribution in [-0.2, 0) is 28.6 Å². The third kappa shape index (κ3) is 65.1. The highest BCUT2D eigenvalue weighted by Crippen LogP contribution is 2.20. The Bertz CT molecular complexity index is 1160. The number of unbranched alkanes of at least 4 members (excludes halogenated alkanes) is 56. The second kappa shape index (κ2) is 66.9. The summed E-state index contributed by atoms with van der Waals surface area (Å²) in [7, 11) is 0. The standard InChI is InChI=1S/C71H138O6/c1-4-7-10-13-16-19-21-23-25-27-29-31-33-35-36-38-39-41-43-45-47-49-52-55-58-61-64-70(73)76-67-68(66-75-69(72)63-60-57-54-51-18-15-12-9-6-3)77-71(74)65-62-59-56-53-50-48-46-44-42-40-37-34-32-30-28-26-24-22-20-17-14-11-8-5-2/h68H,4-67H2,1-3H3. The number of ether oxygens (including phenoxy) is 3. The van der Waals surface area contributed by atoms with Gasteiger partial charge in [0, 0.05) is 19.3 Å². The summed E-state index contributed by atoms with van der Waals surface area (Å²) in [6.45, 7) is 6.72. The third-order valence-corrected chi connectivity index (χ3v) is 16.6. The molecule has 77 heavy (non-hydrogen) atoms. The van der Waals surface area contributed by atoms with Gasteiger partial charge in [-0.25, -0.2) is 0 Å². The molecule has 0 radical (unpaired) electrons. The Labute approximate surface area is 482 Å². The Morgan fingerprint density at radius 1 is 0.208 bits per heavy atom. The van der Waals surface area contributed by atoms with Crippen LogP contribution in [0, 0.1) is 0 Å². The molecule has 0 bridgehead atoms. The van der Waals surface area contributed by atoms with E-state index in [2.05, 4.69) is 20.8 Å². The molecule has 0 rings (SSSR count). The maximum absolute atomic E-state index is 12.9. The van der Waals surface area contributed by atoms with Crippen molar-refractivity contribution in [2.75, 3.05) is 13.2 Å². The second-order valence-electron chi connectivity index (χ2n) is 24.5. The molecule has 6 heteroatoms. The van der Waals surface area contributed by atoms with E-state index in [1.54, 1.807) is 0 Å². The summed E-state index contributed by atoms with van der Waals surface area (Å²) in [5.74, 6) is -0.826. The molecule has 0 spiro atoms. The second-order valence-corrected chi connectivity index (χ2v) is 24.5. The quantitative estimate of drug-likeness (QED) is 0.0343. The van der Waals surface area contributed by atoms with Gasteiger partial charge in [-0.3, -0.25) is 14.4 Å². The molecule has 458 valence electrons. The smallest absolute Gasteiger partial charge is 0.306 e. The number of hydrogen-bond acceptors (Lipinski definition) is 6. The van der Waals surface area contributed by atoms with E-state index >= 15 is 0 Å². The minimum Gasteiger partial charge on any atom is -0.462 e. The summed E-state index contributed by atoms with van der Waals surface area (Å²) >= 11 is 0. The average Bonchev–Trinajstić information content (AvgIpc) is 3.43. The predicted molar refractivity (Wildman–Crippen MR) is 335 cm³/mol. The topological polar surface area (TPSA) is 78.9 Å². The van der Waals surface area contributed by atoms with Crippen LogP contribution in [0.1, 0.15) is 419 Å². The first-order chi connectivity index (χ1) is 38.0. The molecule has 0 aromatic carbocycles. The summed E-state index contributed by atoms with van der Waals surface area (Å²) < 4.78 is 17.0. The van der Waals surface area contributed by atoms with E-state index in [0.29, 0.717) is 19.3 Å². The Balaban J connectivity index is 4.07. The molecule has 0 heterocycles.